The Labute approximate surface area is 147 Å². The van der Waals surface area contributed by atoms with Gasteiger partial charge in [0.15, 0.2) is 0 Å². The molecule has 2 aliphatic heterocycles. The topological polar surface area (TPSA) is 63.5 Å². The molecule has 1 aromatic carbocycles. The first-order valence-corrected chi connectivity index (χ1v) is 8.60. The Morgan fingerprint density at radius 3 is 2.88 bits per heavy atom. The summed E-state index contributed by atoms with van der Waals surface area (Å²) in [6, 6.07) is 6.60. The van der Waals surface area contributed by atoms with Crippen LogP contribution in [0, 0.1) is 0 Å². The third kappa shape index (κ3) is 3.17. The molecular weight excluding hydrogens is 318 g/mol. The van der Waals surface area contributed by atoms with Gasteiger partial charge in [-0.1, -0.05) is 23.4 Å². The molecule has 0 spiro atoms. The second-order valence-electron chi connectivity index (χ2n) is 7.05. The van der Waals surface area contributed by atoms with Crippen LogP contribution < -0.4 is 0 Å². The van der Waals surface area contributed by atoms with E-state index in [0.29, 0.717) is 32.7 Å². The summed E-state index contributed by atoms with van der Waals surface area (Å²) < 4.78 is 7.32. The van der Waals surface area contributed by atoms with Crippen LogP contribution in [0.3, 0.4) is 0 Å². The molecule has 7 heteroatoms. The number of aromatic nitrogens is 3. The van der Waals surface area contributed by atoms with Crippen molar-refractivity contribution in [1.82, 2.24) is 24.8 Å². The molecule has 0 radical (unpaired) electrons. The molecule has 2 aromatic rings. The highest BCUT2D eigenvalue weighted by Gasteiger charge is 2.38. The smallest absolute Gasteiger partial charge is 0.227 e. The van der Waals surface area contributed by atoms with Gasteiger partial charge in [0.2, 0.25) is 5.91 Å². The molecule has 25 heavy (non-hydrogen) atoms. The predicted octanol–water partition coefficient (Wildman–Crippen LogP) is 0.864. The van der Waals surface area contributed by atoms with E-state index in [2.05, 4.69) is 27.3 Å². The van der Waals surface area contributed by atoms with Gasteiger partial charge in [-0.25, -0.2) is 4.68 Å². The first-order valence-electron chi connectivity index (χ1n) is 8.60. The number of rotatable bonds is 4. The van der Waals surface area contributed by atoms with Gasteiger partial charge in [0.25, 0.3) is 0 Å². The Morgan fingerprint density at radius 2 is 2.12 bits per heavy atom. The van der Waals surface area contributed by atoms with E-state index in [1.54, 1.807) is 6.20 Å². The van der Waals surface area contributed by atoms with Gasteiger partial charge >= 0.3 is 0 Å². The number of benzene rings is 1. The second kappa shape index (κ2) is 6.57. The van der Waals surface area contributed by atoms with Gasteiger partial charge in [-0.05, 0) is 30.8 Å². The van der Waals surface area contributed by atoms with Gasteiger partial charge in [0.05, 0.1) is 37.9 Å². The van der Waals surface area contributed by atoms with E-state index >= 15 is 0 Å². The van der Waals surface area contributed by atoms with E-state index in [1.165, 1.54) is 11.1 Å². The number of fused-ring (bicyclic) bond motifs is 1. The van der Waals surface area contributed by atoms with Crippen LogP contribution in [0.1, 0.15) is 22.7 Å². The van der Waals surface area contributed by atoms with Crippen molar-refractivity contribution in [3.05, 3.63) is 47.3 Å². The van der Waals surface area contributed by atoms with Crippen LogP contribution >= 0.6 is 0 Å². The van der Waals surface area contributed by atoms with Gasteiger partial charge < -0.3 is 14.5 Å². The fourth-order valence-electron chi connectivity index (χ4n) is 3.76. The summed E-state index contributed by atoms with van der Waals surface area (Å²) >= 11 is 0. The van der Waals surface area contributed by atoms with E-state index < -0.39 is 0 Å². The number of carbonyl (C=O) groups is 1. The Morgan fingerprint density at radius 1 is 1.28 bits per heavy atom. The lowest BCUT2D eigenvalue weighted by atomic mass is 10.0. The molecule has 0 N–H and O–H groups in total. The van der Waals surface area contributed by atoms with E-state index in [-0.39, 0.29) is 18.0 Å². The second-order valence-corrected chi connectivity index (χ2v) is 7.05. The normalized spacial score (nSPS) is 22.6. The standard InChI is InChI=1S/C18H23N5O2/c1-21(2)16-9-22(10-17(16)23-6-5-19-20-23)18(24)8-13-3-4-14-11-25-12-15(14)7-13/h3-7,16-17H,8-12H2,1-2H3/t16-,17+/m1/s1. The molecule has 0 unspecified atom stereocenters. The fourth-order valence-corrected chi connectivity index (χ4v) is 3.76. The largest absolute Gasteiger partial charge is 0.372 e. The molecule has 132 valence electrons. The summed E-state index contributed by atoms with van der Waals surface area (Å²) in [5.74, 6) is 0.160. The molecule has 2 aliphatic rings. The van der Waals surface area contributed by atoms with Crippen molar-refractivity contribution in [2.24, 2.45) is 0 Å². The highest BCUT2D eigenvalue weighted by Crippen LogP contribution is 2.26. The van der Waals surface area contributed by atoms with Gasteiger partial charge in [-0.15, -0.1) is 5.10 Å². The molecule has 1 amide bonds. The van der Waals surface area contributed by atoms with Gasteiger partial charge in [-0.2, -0.15) is 0 Å². The summed E-state index contributed by atoms with van der Waals surface area (Å²) in [6.07, 6.45) is 3.98. The number of likely N-dealkylation sites (tertiary alicyclic amines) is 1. The van der Waals surface area contributed by atoms with E-state index in [9.17, 15) is 4.79 Å². The van der Waals surface area contributed by atoms with Crippen LogP contribution in [-0.4, -0.2) is 63.9 Å². The number of carbonyl (C=O) groups excluding carboxylic acids is 1. The van der Waals surface area contributed by atoms with Crippen molar-refractivity contribution in [2.75, 3.05) is 27.2 Å². The number of nitrogens with zero attached hydrogens (tertiary/aromatic N) is 5. The lowest BCUT2D eigenvalue weighted by Crippen LogP contribution is -2.37. The zero-order valence-corrected chi connectivity index (χ0v) is 14.6. The third-order valence-electron chi connectivity index (χ3n) is 5.20. The first kappa shape index (κ1) is 16.2. The van der Waals surface area contributed by atoms with Crippen molar-refractivity contribution in [3.63, 3.8) is 0 Å². The average molecular weight is 341 g/mol. The van der Waals surface area contributed by atoms with Crippen LogP contribution in [0.2, 0.25) is 0 Å². The maximum atomic E-state index is 12.8. The van der Waals surface area contributed by atoms with Crippen LogP contribution in [0.5, 0.6) is 0 Å². The van der Waals surface area contributed by atoms with Crippen molar-refractivity contribution >= 4 is 5.91 Å². The third-order valence-corrected chi connectivity index (χ3v) is 5.20. The zero-order chi connectivity index (χ0) is 17.4. The molecule has 1 fully saturated rings. The van der Waals surface area contributed by atoms with Crippen molar-refractivity contribution in [1.29, 1.82) is 0 Å². The molecule has 2 atom stereocenters. The monoisotopic (exact) mass is 341 g/mol. The first-order chi connectivity index (χ1) is 12.1. The highest BCUT2D eigenvalue weighted by molar-refractivity contribution is 5.79. The molecule has 1 aromatic heterocycles. The van der Waals surface area contributed by atoms with Crippen molar-refractivity contribution in [3.8, 4) is 0 Å². The maximum Gasteiger partial charge on any atom is 0.227 e. The fraction of sp³-hybridized carbons (Fsp3) is 0.500. The molecule has 0 saturated carbocycles. The molecule has 0 aliphatic carbocycles. The molecule has 1 saturated heterocycles. The summed E-state index contributed by atoms with van der Waals surface area (Å²) in [4.78, 5) is 16.9. The number of hydrogen-bond donors (Lipinski definition) is 0. The van der Waals surface area contributed by atoms with E-state index in [4.69, 9.17) is 4.74 Å². The predicted molar refractivity (Wildman–Crippen MR) is 91.8 cm³/mol. The van der Waals surface area contributed by atoms with Crippen LogP contribution in [0.25, 0.3) is 0 Å². The number of amides is 1. The summed E-state index contributed by atoms with van der Waals surface area (Å²) in [5, 5.41) is 8.05. The van der Waals surface area contributed by atoms with Crippen LogP contribution in [0.4, 0.5) is 0 Å². The van der Waals surface area contributed by atoms with Crippen molar-refractivity contribution < 1.29 is 9.53 Å². The Hall–Kier alpha value is -2.25. The Balaban J connectivity index is 1.47. The minimum absolute atomic E-state index is 0.134. The molecule has 0 bridgehead atoms. The SMILES string of the molecule is CN(C)[C@@H]1CN(C(=O)Cc2ccc3c(c2)COC3)C[C@@H]1n1ccnn1. The van der Waals surface area contributed by atoms with Crippen LogP contribution in [-0.2, 0) is 29.2 Å². The average Bonchev–Trinajstić information content (AvgIpc) is 3.33. The molecule has 3 heterocycles. The number of likely N-dealkylation sites (N-methyl/N-ethyl adjacent to an activating group) is 1. The summed E-state index contributed by atoms with van der Waals surface area (Å²) in [6.45, 7) is 2.71. The lowest BCUT2D eigenvalue weighted by molar-refractivity contribution is -0.129. The zero-order valence-electron chi connectivity index (χ0n) is 14.6. The van der Waals surface area contributed by atoms with E-state index in [1.807, 2.05) is 35.9 Å². The quantitative estimate of drug-likeness (QED) is 0.825. The molecule has 4 rings (SSSR count). The minimum atomic E-state index is 0.134. The lowest BCUT2D eigenvalue weighted by Gasteiger charge is -2.24. The number of ether oxygens (including phenoxy) is 1. The number of hydrogen-bond acceptors (Lipinski definition) is 5. The Kier molecular flexibility index (Phi) is 4.27. The van der Waals surface area contributed by atoms with Gasteiger partial charge in [-0.3, -0.25) is 4.79 Å². The van der Waals surface area contributed by atoms with E-state index in [0.717, 1.165) is 5.56 Å². The van der Waals surface area contributed by atoms with Gasteiger partial charge in [0.1, 0.15) is 0 Å². The highest BCUT2D eigenvalue weighted by atomic mass is 16.5. The minimum Gasteiger partial charge on any atom is -0.372 e. The maximum absolute atomic E-state index is 12.8. The van der Waals surface area contributed by atoms with Crippen LogP contribution in [0.15, 0.2) is 30.6 Å². The summed E-state index contributed by atoms with van der Waals surface area (Å²) in [7, 11) is 4.09. The molecular formula is C18H23N5O2. The molecule has 7 nitrogen and oxygen atoms in total. The summed E-state index contributed by atoms with van der Waals surface area (Å²) in [5.41, 5.74) is 3.49. The Bertz CT molecular complexity index is 759. The van der Waals surface area contributed by atoms with Gasteiger partial charge in [0, 0.05) is 19.3 Å². The van der Waals surface area contributed by atoms with Crippen molar-refractivity contribution in [2.45, 2.75) is 31.7 Å².